The maximum atomic E-state index is 10.2. The molecular formula is C17H27NO. The van der Waals surface area contributed by atoms with Crippen molar-refractivity contribution in [3.63, 3.8) is 0 Å². The minimum absolute atomic E-state index is 0.00908. The zero-order valence-corrected chi connectivity index (χ0v) is 12.7. The van der Waals surface area contributed by atoms with Crippen LogP contribution in [0.4, 0.5) is 0 Å². The third-order valence-electron chi connectivity index (χ3n) is 4.06. The first-order valence-electron chi connectivity index (χ1n) is 7.44. The predicted octanol–water partition coefficient (Wildman–Crippen LogP) is 3.68. The molecule has 1 saturated heterocycles. The van der Waals surface area contributed by atoms with Crippen LogP contribution in [0.25, 0.3) is 0 Å². The van der Waals surface area contributed by atoms with Crippen molar-refractivity contribution < 1.29 is 5.11 Å². The number of hydrogen-bond acceptors (Lipinski definition) is 2. The summed E-state index contributed by atoms with van der Waals surface area (Å²) in [6, 6.07) is 4.94. The zero-order chi connectivity index (χ0) is 14.0. The Labute approximate surface area is 117 Å². The summed E-state index contributed by atoms with van der Waals surface area (Å²) in [6.45, 7) is 9.62. The van der Waals surface area contributed by atoms with E-state index in [1.807, 2.05) is 6.92 Å². The van der Waals surface area contributed by atoms with Gasteiger partial charge < -0.3 is 10.4 Å². The van der Waals surface area contributed by atoms with Crippen molar-refractivity contribution in [2.45, 2.75) is 64.8 Å². The van der Waals surface area contributed by atoms with Gasteiger partial charge in [-0.3, -0.25) is 0 Å². The van der Waals surface area contributed by atoms with Gasteiger partial charge in [0.1, 0.15) is 5.75 Å². The monoisotopic (exact) mass is 261 g/mol. The third kappa shape index (κ3) is 3.50. The van der Waals surface area contributed by atoms with Crippen LogP contribution >= 0.6 is 0 Å². The molecule has 1 unspecified atom stereocenters. The van der Waals surface area contributed by atoms with Crippen LogP contribution in [0.1, 0.15) is 56.7 Å². The number of rotatable bonds is 2. The van der Waals surface area contributed by atoms with Crippen LogP contribution in [0.2, 0.25) is 0 Å². The molecule has 0 spiro atoms. The van der Waals surface area contributed by atoms with Crippen LogP contribution in [-0.4, -0.2) is 17.7 Å². The van der Waals surface area contributed by atoms with Crippen LogP contribution in [-0.2, 0) is 11.8 Å². The van der Waals surface area contributed by atoms with Crippen LogP contribution in [0, 0.1) is 6.92 Å². The van der Waals surface area contributed by atoms with Crippen molar-refractivity contribution in [3.8, 4) is 5.75 Å². The van der Waals surface area contributed by atoms with Crippen molar-refractivity contribution in [1.29, 1.82) is 0 Å². The highest BCUT2D eigenvalue weighted by molar-refractivity contribution is 5.46. The lowest BCUT2D eigenvalue weighted by Gasteiger charge is -2.26. The van der Waals surface area contributed by atoms with Crippen molar-refractivity contribution in [1.82, 2.24) is 5.32 Å². The molecule has 0 radical (unpaired) electrons. The second-order valence-electron chi connectivity index (χ2n) is 6.91. The lowest BCUT2D eigenvalue weighted by molar-refractivity contribution is 0.398. The van der Waals surface area contributed by atoms with E-state index in [4.69, 9.17) is 0 Å². The van der Waals surface area contributed by atoms with Crippen LogP contribution in [0.3, 0.4) is 0 Å². The quantitative estimate of drug-likeness (QED) is 0.851. The fourth-order valence-electron chi connectivity index (χ4n) is 2.93. The Morgan fingerprint density at radius 2 is 2.00 bits per heavy atom. The van der Waals surface area contributed by atoms with Gasteiger partial charge in [0.15, 0.2) is 0 Å². The lowest BCUT2D eigenvalue weighted by Crippen LogP contribution is -2.35. The van der Waals surface area contributed by atoms with Gasteiger partial charge >= 0.3 is 0 Å². The molecule has 0 aromatic heterocycles. The Balaban J connectivity index is 2.23. The van der Waals surface area contributed by atoms with E-state index in [9.17, 15) is 5.11 Å². The molecule has 2 nitrogen and oxygen atoms in total. The van der Waals surface area contributed by atoms with E-state index in [-0.39, 0.29) is 5.41 Å². The largest absolute Gasteiger partial charge is 0.507 e. The maximum Gasteiger partial charge on any atom is 0.122 e. The molecule has 0 saturated carbocycles. The van der Waals surface area contributed by atoms with E-state index < -0.39 is 0 Å². The number of aromatic hydroxyl groups is 1. The van der Waals surface area contributed by atoms with Gasteiger partial charge in [-0.05, 0) is 54.8 Å². The third-order valence-corrected chi connectivity index (χ3v) is 4.06. The van der Waals surface area contributed by atoms with E-state index in [1.54, 1.807) is 0 Å². The summed E-state index contributed by atoms with van der Waals surface area (Å²) in [5.41, 5.74) is 3.40. The van der Waals surface area contributed by atoms with Crippen LogP contribution in [0.15, 0.2) is 12.1 Å². The Kier molecular flexibility index (Phi) is 4.19. The molecule has 1 aromatic rings. The molecule has 2 N–H and O–H groups in total. The fraction of sp³-hybridized carbons (Fsp3) is 0.647. The molecule has 0 aliphatic carbocycles. The van der Waals surface area contributed by atoms with Gasteiger partial charge in [0, 0.05) is 6.04 Å². The molecule has 0 bridgehead atoms. The Hall–Kier alpha value is -1.02. The summed E-state index contributed by atoms with van der Waals surface area (Å²) in [4.78, 5) is 0. The summed E-state index contributed by atoms with van der Waals surface area (Å²) < 4.78 is 0. The van der Waals surface area contributed by atoms with E-state index in [0.717, 1.165) is 24.1 Å². The van der Waals surface area contributed by atoms with Crippen molar-refractivity contribution in [2.24, 2.45) is 0 Å². The molecular weight excluding hydrogens is 234 g/mol. The van der Waals surface area contributed by atoms with Crippen molar-refractivity contribution >= 4 is 0 Å². The molecule has 106 valence electrons. The maximum absolute atomic E-state index is 10.2. The smallest absolute Gasteiger partial charge is 0.122 e. The van der Waals surface area contributed by atoms with E-state index in [0.29, 0.717) is 11.8 Å². The summed E-state index contributed by atoms with van der Waals surface area (Å²) in [5, 5.41) is 13.8. The lowest BCUT2D eigenvalue weighted by atomic mass is 9.83. The average molecular weight is 261 g/mol. The van der Waals surface area contributed by atoms with Gasteiger partial charge in [-0.15, -0.1) is 0 Å². The van der Waals surface area contributed by atoms with E-state index in [1.165, 1.54) is 24.8 Å². The minimum Gasteiger partial charge on any atom is -0.507 e. The van der Waals surface area contributed by atoms with Gasteiger partial charge in [0.05, 0.1) is 0 Å². The number of phenols is 1. The molecule has 0 amide bonds. The van der Waals surface area contributed by atoms with Gasteiger partial charge in [-0.1, -0.05) is 39.3 Å². The van der Waals surface area contributed by atoms with Gasteiger partial charge in [-0.2, -0.15) is 0 Å². The van der Waals surface area contributed by atoms with Crippen LogP contribution < -0.4 is 5.32 Å². The highest BCUT2D eigenvalue weighted by Gasteiger charge is 2.21. The first kappa shape index (κ1) is 14.4. The Bertz CT molecular complexity index is 439. The van der Waals surface area contributed by atoms with Gasteiger partial charge in [-0.25, -0.2) is 0 Å². The second kappa shape index (κ2) is 5.54. The zero-order valence-electron chi connectivity index (χ0n) is 12.7. The average Bonchev–Trinajstić information content (AvgIpc) is 2.33. The molecule has 2 heteroatoms. The second-order valence-corrected chi connectivity index (χ2v) is 6.91. The van der Waals surface area contributed by atoms with Crippen molar-refractivity contribution in [2.75, 3.05) is 6.54 Å². The number of aryl methyl sites for hydroxylation is 1. The fourth-order valence-corrected chi connectivity index (χ4v) is 2.93. The topological polar surface area (TPSA) is 32.3 Å². The summed E-state index contributed by atoms with van der Waals surface area (Å²) in [6.07, 6.45) is 4.98. The molecule has 1 fully saturated rings. The number of benzene rings is 1. The normalized spacial score (nSPS) is 20.5. The number of piperidine rings is 1. The molecule has 1 heterocycles. The predicted molar refractivity (Wildman–Crippen MR) is 80.9 cm³/mol. The molecule has 1 aliphatic rings. The first-order chi connectivity index (χ1) is 8.88. The van der Waals surface area contributed by atoms with E-state index >= 15 is 0 Å². The first-order valence-corrected chi connectivity index (χ1v) is 7.44. The van der Waals surface area contributed by atoms with Gasteiger partial charge in [0.25, 0.3) is 0 Å². The standard InChI is InChI=1S/C17H27NO/c1-12-9-13(10-14-7-5-6-8-18-14)11-15(16(12)19)17(2,3)4/h9,11,14,18-19H,5-8,10H2,1-4H3. The number of phenolic OH excluding ortho intramolecular Hbond substituents is 1. The van der Waals surface area contributed by atoms with Crippen LogP contribution in [0.5, 0.6) is 5.75 Å². The molecule has 1 aromatic carbocycles. The molecule has 19 heavy (non-hydrogen) atoms. The number of hydrogen-bond donors (Lipinski definition) is 2. The molecule has 2 rings (SSSR count). The van der Waals surface area contributed by atoms with Crippen molar-refractivity contribution in [3.05, 3.63) is 28.8 Å². The minimum atomic E-state index is -0.00908. The highest BCUT2D eigenvalue weighted by atomic mass is 16.3. The van der Waals surface area contributed by atoms with E-state index in [2.05, 4.69) is 38.2 Å². The Morgan fingerprint density at radius 3 is 2.58 bits per heavy atom. The molecule has 1 atom stereocenters. The SMILES string of the molecule is Cc1cc(CC2CCCCN2)cc(C(C)(C)C)c1O. The highest BCUT2D eigenvalue weighted by Crippen LogP contribution is 2.34. The Morgan fingerprint density at radius 1 is 1.26 bits per heavy atom. The summed E-state index contributed by atoms with van der Waals surface area (Å²) in [7, 11) is 0. The molecule has 1 aliphatic heterocycles. The van der Waals surface area contributed by atoms with Gasteiger partial charge in [0.2, 0.25) is 0 Å². The summed E-state index contributed by atoms with van der Waals surface area (Å²) in [5.74, 6) is 0.466. The number of nitrogens with one attached hydrogen (secondary N) is 1. The summed E-state index contributed by atoms with van der Waals surface area (Å²) >= 11 is 0.